The van der Waals surface area contributed by atoms with E-state index in [1.165, 1.54) is 0 Å². The molecule has 0 spiro atoms. The van der Waals surface area contributed by atoms with E-state index in [2.05, 4.69) is 0 Å². The molecule has 14 heavy (non-hydrogen) atoms. The fourth-order valence-electron chi connectivity index (χ4n) is 2.02. The number of aromatic carboxylic acids is 1. The molecule has 0 heterocycles. The number of carboxylic acid groups (broad SMARTS) is 1. The predicted molar refractivity (Wildman–Crippen MR) is 53.1 cm³/mol. The molecule has 1 aromatic rings. The molecule has 5 N–H and O–H groups in total. The zero-order valence-corrected chi connectivity index (χ0v) is 7.66. The van der Waals surface area contributed by atoms with Crippen LogP contribution in [0.3, 0.4) is 0 Å². The number of carbonyl (C=O) groups is 1. The third-order valence-corrected chi connectivity index (χ3v) is 2.68. The van der Waals surface area contributed by atoms with Crippen molar-refractivity contribution in [2.24, 2.45) is 5.73 Å². The average molecular weight is 192 g/mol. The maximum absolute atomic E-state index is 11.0. The van der Waals surface area contributed by atoms with E-state index in [1.807, 2.05) is 6.07 Å². The molecule has 1 aliphatic rings. The highest BCUT2D eigenvalue weighted by Gasteiger charge is 2.26. The molecule has 2 rings (SSSR count). The topological polar surface area (TPSA) is 89.3 Å². The van der Waals surface area contributed by atoms with Gasteiger partial charge in [-0.3, -0.25) is 0 Å². The third-order valence-electron chi connectivity index (χ3n) is 2.68. The minimum Gasteiger partial charge on any atom is -0.478 e. The summed E-state index contributed by atoms with van der Waals surface area (Å²) < 4.78 is 0. The summed E-state index contributed by atoms with van der Waals surface area (Å²) in [4.78, 5) is 11.0. The number of carboxylic acids is 1. The number of rotatable bonds is 1. The van der Waals surface area contributed by atoms with Gasteiger partial charge in [-0.15, -0.1) is 0 Å². The number of aryl methyl sites for hydroxylation is 1. The fraction of sp³-hybridized carbons (Fsp3) is 0.300. The maximum Gasteiger partial charge on any atom is 0.338 e. The molecule has 4 nitrogen and oxygen atoms in total. The average Bonchev–Trinajstić information content (AvgIpc) is 2.47. The Labute approximate surface area is 81.5 Å². The van der Waals surface area contributed by atoms with Crippen molar-refractivity contribution >= 4 is 11.7 Å². The number of benzene rings is 1. The summed E-state index contributed by atoms with van der Waals surface area (Å²) in [6.45, 7) is 0. The molecule has 0 amide bonds. The predicted octanol–water partition coefficient (Wildman–Crippen LogP) is 0.913. The van der Waals surface area contributed by atoms with Crippen LogP contribution in [-0.2, 0) is 6.42 Å². The molecule has 0 unspecified atom stereocenters. The van der Waals surface area contributed by atoms with E-state index in [0.717, 1.165) is 24.0 Å². The second-order valence-electron chi connectivity index (χ2n) is 3.55. The Kier molecular flexibility index (Phi) is 1.93. The Morgan fingerprint density at radius 1 is 1.50 bits per heavy atom. The van der Waals surface area contributed by atoms with Gasteiger partial charge in [0.1, 0.15) is 0 Å². The van der Waals surface area contributed by atoms with Gasteiger partial charge in [0.15, 0.2) is 0 Å². The number of fused-ring (bicyclic) bond motifs is 1. The van der Waals surface area contributed by atoms with Crippen molar-refractivity contribution in [3.8, 4) is 0 Å². The summed E-state index contributed by atoms with van der Waals surface area (Å²) in [5.41, 5.74) is 13.7. The first-order valence-electron chi connectivity index (χ1n) is 4.51. The molecule has 0 bridgehead atoms. The summed E-state index contributed by atoms with van der Waals surface area (Å²) in [6, 6.07) is 3.32. The minimum absolute atomic E-state index is 0.181. The molecule has 1 aromatic carbocycles. The highest BCUT2D eigenvalue weighted by Crippen LogP contribution is 2.34. The summed E-state index contributed by atoms with van der Waals surface area (Å²) in [7, 11) is 0. The van der Waals surface area contributed by atoms with Crippen molar-refractivity contribution in [1.82, 2.24) is 0 Å². The molecule has 0 saturated carbocycles. The molecule has 74 valence electrons. The number of nitrogen functional groups attached to an aromatic ring is 1. The molecule has 0 aliphatic heterocycles. The Hall–Kier alpha value is -1.55. The zero-order chi connectivity index (χ0) is 10.3. The quantitative estimate of drug-likeness (QED) is 0.577. The lowest BCUT2D eigenvalue weighted by Crippen LogP contribution is -2.13. The molecular formula is C10H12N2O2. The third kappa shape index (κ3) is 1.15. The van der Waals surface area contributed by atoms with Crippen LogP contribution in [0.15, 0.2) is 12.1 Å². The Morgan fingerprint density at radius 2 is 2.21 bits per heavy atom. The Morgan fingerprint density at radius 3 is 2.86 bits per heavy atom. The number of nitrogens with two attached hydrogens (primary N) is 2. The summed E-state index contributed by atoms with van der Waals surface area (Å²) in [6.07, 6.45) is 1.65. The standard InChI is InChI=1S/C10H12N2O2/c11-6-3-1-5-2-4-7(12)9(8(5)6)10(13)14/h2,4,6H,1,3,11-12H2,(H,13,14)/t6-/m1/s1. The minimum atomic E-state index is -0.989. The van der Waals surface area contributed by atoms with Crippen LogP contribution in [0.2, 0.25) is 0 Å². The lowest BCUT2D eigenvalue weighted by atomic mass is 9.99. The van der Waals surface area contributed by atoms with Crippen molar-refractivity contribution < 1.29 is 9.90 Å². The van der Waals surface area contributed by atoms with Gasteiger partial charge in [-0.25, -0.2) is 4.79 Å². The highest BCUT2D eigenvalue weighted by atomic mass is 16.4. The lowest BCUT2D eigenvalue weighted by Gasteiger charge is -2.11. The monoisotopic (exact) mass is 192 g/mol. The van der Waals surface area contributed by atoms with Gasteiger partial charge in [-0.05, 0) is 30.0 Å². The summed E-state index contributed by atoms with van der Waals surface area (Å²) in [5.74, 6) is -0.989. The van der Waals surface area contributed by atoms with E-state index in [9.17, 15) is 4.79 Å². The smallest absolute Gasteiger partial charge is 0.338 e. The SMILES string of the molecule is Nc1ccc2c(c1C(=O)O)[C@H](N)CC2. The van der Waals surface area contributed by atoms with Gasteiger partial charge in [0, 0.05) is 11.7 Å². The summed E-state index contributed by atoms with van der Waals surface area (Å²) >= 11 is 0. The van der Waals surface area contributed by atoms with Gasteiger partial charge >= 0.3 is 5.97 Å². The summed E-state index contributed by atoms with van der Waals surface area (Å²) in [5, 5.41) is 9.01. The van der Waals surface area contributed by atoms with Crippen LogP contribution >= 0.6 is 0 Å². The first-order valence-corrected chi connectivity index (χ1v) is 4.51. The van der Waals surface area contributed by atoms with Crippen molar-refractivity contribution in [3.05, 3.63) is 28.8 Å². The number of hydrogen-bond donors (Lipinski definition) is 3. The van der Waals surface area contributed by atoms with Gasteiger partial charge in [-0.1, -0.05) is 6.07 Å². The second-order valence-corrected chi connectivity index (χ2v) is 3.55. The normalized spacial score (nSPS) is 19.4. The molecule has 1 aliphatic carbocycles. The molecule has 1 atom stereocenters. The second kappa shape index (κ2) is 2.99. The van der Waals surface area contributed by atoms with Crippen LogP contribution in [0.1, 0.15) is 33.9 Å². The zero-order valence-electron chi connectivity index (χ0n) is 7.66. The van der Waals surface area contributed by atoms with Crippen LogP contribution in [0.25, 0.3) is 0 Å². The van der Waals surface area contributed by atoms with Gasteiger partial charge in [0.05, 0.1) is 5.56 Å². The van der Waals surface area contributed by atoms with E-state index >= 15 is 0 Å². The van der Waals surface area contributed by atoms with E-state index < -0.39 is 5.97 Å². The molecular weight excluding hydrogens is 180 g/mol. The molecule has 0 aromatic heterocycles. The van der Waals surface area contributed by atoms with Crippen LogP contribution in [0, 0.1) is 0 Å². The van der Waals surface area contributed by atoms with E-state index in [4.69, 9.17) is 16.6 Å². The van der Waals surface area contributed by atoms with Crippen molar-refractivity contribution in [2.45, 2.75) is 18.9 Å². The first kappa shape index (κ1) is 9.02. The van der Waals surface area contributed by atoms with E-state index in [1.54, 1.807) is 6.07 Å². The lowest BCUT2D eigenvalue weighted by molar-refractivity contribution is 0.0696. The van der Waals surface area contributed by atoms with Crippen molar-refractivity contribution in [1.29, 1.82) is 0 Å². The molecule has 4 heteroatoms. The van der Waals surface area contributed by atoms with Crippen molar-refractivity contribution in [2.75, 3.05) is 5.73 Å². The number of anilines is 1. The highest BCUT2D eigenvalue weighted by molar-refractivity contribution is 5.96. The largest absolute Gasteiger partial charge is 0.478 e. The van der Waals surface area contributed by atoms with Gasteiger partial charge in [-0.2, -0.15) is 0 Å². The fourth-order valence-corrected chi connectivity index (χ4v) is 2.02. The number of hydrogen-bond acceptors (Lipinski definition) is 3. The molecule has 0 fully saturated rings. The van der Waals surface area contributed by atoms with Crippen LogP contribution in [0.4, 0.5) is 5.69 Å². The van der Waals surface area contributed by atoms with Gasteiger partial charge < -0.3 is 16.6 Å². The van der Waals surface area contributed by atoms with Gasteiger partial charge in [0.2, 0.25) is 0 Å². The molecule has 0 saturated heterocycles. The van der Waals surface area contributed by atoms with Crippen LogP contribution in [-0.4, -0.2) is 11.1 Å². The Balaban J connectivity index is 2.68. The van der Waals surface area contributed by atoms with Crippen LogP contribution < -0.4 is 11.5 Å². The van der Waals surface area contributed by atoms with E-state index in [-0.39, 0.29) is 11.6 Å². The van der Waals surface area contributed by atoms with Gasteiger partial charge in [0.25, 0.3) is 0 Å². The van der Waals surface area contributed by atoms with Crippen LogP contribution in [0.5, 0.6) is 0 Å². The first-order chi connectivity index (χ1) is 6.61. The molecule has 0 radical (unpaired) electrons. The van der Waals surface area contributed by atoms with E-state index in [0.29, 0.717) is 5.69 Å². The van der Waals surface area contributed by atoms with Crippen molar-refractivity contribution in [3.63, 3.8) is 0 Å². The maximum atomic E-state index is 11.0. The Bertz CT molecular complexity index is 401.